The minimum Gasteiger partial charge on any atom is -0.383 e. The second-order valence-corrected chi connectivity index (χ2v) is 5.97. The Hall–Kier alpha value is -1.11. The van der Waals surface area contributed by atoms with Crippen molar-refractivity contribution in [2.24, 2.45) is 5.92 Å². The van der Waals surface area contributed by atoms with Crippen LogP contribution in [0.3, 0.4) is 0 Å². The van der Waals surface area contributed by atoms with Gasteiger partial charge in [-0.1, -0.05) is 11.6 Å². The van der Waals surface area contributed by atoms with E-state index >= 15 is 0 Å². The van der Waals surface area contributed by atoms with Crippen LogP contribution in [0.15, 0.2) is 6.33 Å². The lowest BCUT2D eigenvalue weighted by atomic mass is 9.90. The molecular weight excluding hydrogens is 292 g/mol. The van der Waals surface area contributed by atoms with E-state index in [-0.39, 0.29) is 0 Å². The molecule has 1 N–H and O–H groups in total. The van der Waals surface area contributed by atoms with Gasteiger partial charge >= 0.3 is 0 Å². The molecule has 2 fully saturated rings. The summed E-state index contributed by atoms with van der Waals surface area (Å²) in [5.41, 5.74) is 0.776. The van der Waals surface area contributed by atoms with E-state index < -0.39 is 5.79 Å². The highest BCUT2D eigenvalue weighted by Crippen LogP contribution is 2.37. The molecule has 0 spiro atoms. The van der Waals surface area contributed by atoms with Gasteiger partial charge in [0.05, 0.1) is 13.2 Å². The number of rotatable bonds is 3. The molecule has 3 rings (SSSR count). The van der Waals surface area contributed by atoms with Crippen LogP contribution in [-0.4, -0.2) is 49.1 Å². The minimum absolute atomic E-state index is 0.326. The Morgan fingerprint density at radius 3 is 2.86 bits per heavy atom. The van der Waals surface area contributed by atoms with Gasteiger partial charge in [0.25, 0.3) is 0 Å². The molecule has 1 atom stereocenters. The zero-order chi connectivity index (χ0) is 14.9. The molecule has 2 aliphatic heterocycles. The maximum atomic E-state index is 6.15. The first kappa shape index (κ1) is 14.8. The lowest BCUT2D eigenvalue weighted by molar-refractivity contribution is -0.182. The van der Waals surface area contributed by atoms with Crippen LogP contribution in [0.2, 0.25) is 5.15 Å². The summed E-state index contributed by atoms with van der Waals surface area (Å²) in [6.07, 6.45) is 3.69. The Morgan fingerprint density at radius 2 is 2.14 bits per heavy atom. The first-order chi connectivity index (χ1) is 10.1. The van der Waals surface area contributed by atoms with E-state index in [1.807, 2.05) is 14.0 Å². The van der Waals surface area contributed by atoms with Gasteiger partial charge in [-0.3, -0.25) is 0 Å². The van der Waals surface area contributed by atoms with Gasteiger partial charge in [0.15, 0.2) is 16.8 Å². The van der Waals surface area contributed by atoms with Crippen LogP contribution >= 0.6 is 11.6 Å². The van der Waals surface area contributed by atoms with Crippen molar-refractivity contribution in [3.8, 4) is 0 Å². The van der Waals surface area contributed by atoms with Gasteiger partial charge in [-0.25, -0.2) is 9.97 Å². The molecule has 0 amide bonds. The summed E-state index contributed by atoms with van der Waals surface area (Å²) < 4.78 is 11.6. The number of hydrogen-bond donors (Lipinski definition) is 1. The van der Waals surface area contributed by atoms with Crippen molar-refractivity contribution < 1.29 is 9.47 Å². The van der Waals surface area contributed by atoms with Crippen molar-refractivity contribution >= 4 is 23.1 Å². The van der Waals surface area contributed by atoms with Gasteiger partial charge in [0.1, 0.15) is 12.0 Å². The smallest absolute Gasteiger partial charge is 0.170 e. The highest BCUT2D eigenvalue weighted by Gasteiger charge is 2.42. The monoisotopic (exact) mass is 312 g/mol. The van der Waals surface area contributed by atoms with Gasteiger partial charge in [-0.2, -0.15) is 0 Å². The highest BCUT2D eigenvalue weighted by atomic mass is 35.5. The Labute approximate surface area is 129 Å². The summed E-state index contributed by atoms with van der Waals surface area (Å²) in [5.74, 6) is 0.700. The van der Waals surface area contributed by atoms with Crippen molar-refractivity contribution in [1.82, 2.24) is 9.97 Å². The predicted octanol–water partition coefficient (Wildman–Crippen LogP) is 2.15. The number of halogens is 1. The molecule has 116 valence electrons. The van der Waals surface area contributed by atoms with Gasteiger partial charge < -0.3 is 19.7 Å². The normalized spacial score (nSPS) is 25.1. The summed E-state index contributed by atoms with van der Waals surface area (Å²) in [7, 11) is 1.83. The van der Waals surface area contributed by atoms with Crippen molar-refractivity contribution in [1.29, 1.82) is 0 Å². The first-order valence-corrected chi connectivity index (χ1v) is 7.73. The summed E-state index contributed by atoms with van der Waals surface area (Å²) in [6.45, 7) is 5.19. The average Bonchev–Trinajstić information content (AvgIpc) is 2.95. The topological polar surface area (TPSA) is 59.5 Å². The molecule has 6 nitrogen and oxygen atoms in total. The first-order valence-electron chi connectivity index (χ1n) is 7.35. The summed E-state index contributed by atoms with van der Waals surface area (Å²) >= 11 is 6.15. The van der Waals surface area contributed by atoms with Crippen molar-refractivity contribution in [3.63, 3.8) is 0 Å². The third kappa shape index (κ3) is 2.80. The molecule has 21 heavy (non-hydrogen) atoms. The number of anilines is 2. The second kappa shape index (κ2) is 5.94. The molecule has 7 heteroatoms. The zero-order valence-corrected chi connectivity index (χ0v) is 13.2. The molecule has 1 aromatic heterocycles. The number of hydrogen-bond acceptors (Lipinski definition) is 6. The zero-order valence-electron chi connectivity index (χ0n) is 12.4. The molecule has 2 aliphatic rings. The molecule has 2 saturated heterocycles. The fraction of sp³-hybridized carbons (Fsp3) is 0.714. The van der Waals surface area contributed by atoms with Crippen molar-refractivity contribution in [3.05, 3.63) is 11.5 Å². The molecule has 0 saturated carbocycles. The van der Waals surface area contributed by atoms with Gasteiger partial charge in [0.2, 0.25) is 0 Å². The molecule has 0 aromatic carbocycles. The van der Waals surface area contributed by atoms with E-state index in [0.717, 1.165) is 37.4 Å². The molecular formula is C14H21ClN4O2. The van der Waals surface area contributed by atoms with Crippen LogP contribution in [0.1, 0.15) is 19.8 Å². The third-order valence-electron chi connectivity index (χ3n) is 4.35. The summed E-state index contributed by atoms with van der Waals surface area (Å²) in [6, 6.07) is 0. The van der Waals surface area contributed by atoms with E-state index in [9.17, 15) is 0 Å². The van der Waals surface area contributed by atoms with Crippen LogP contribution in [0.25, 0.3) is 0 Å². The van der Waals surface area contributed by atoms with Crippen LogP contribution in [-0.2, 0) is 9.47 Å². The Morgan fingerprint density at radius 1 is 1.38 bits per heavy atom. The minimum atomic E-state index is -0.477. The third-order valence-corrected chi connectivity index (χ3v) is 4.64. The number of nitrogens with zero attached hydrogens (tertiary/aromatic N) is 3. The van der Waals surface area contributed by atoms with E-state index in [4.69, 9.17) is 21.1 Å². The molecule has 0 aliphatic carbocycles. The SMILES string of the molecule is CNc1c(Cl)ncnc1N1CCCC(C2(C)OCCO2)C1. The van der Waals surface area contributed by atoms with E-state index in [1.165, 1.54) is 6.33 Å². The predicted molar refractivity (Wildman–Crippen MR) is 81.8 cm³/mol. The number of aromatic nitrogens is 2. The van der Waals surface area contributed by atoms with Gasteiger partial charge in [-0.15, -0.1) is 0 Å². The van der Waals surface area contributed by atoms with E-state index in [1.54, 1.807) is 0 Å². The fourth-order valence-electron chi connectivity index (χ4n) is 3.17. The van der Waals surface area contributed by atoms with Crippen LogP contribution < -0.4 is 10.2 Å². The Balaban J connectivity index is 1.82. The molecule has 3 heterocycles. The van der Waals surface area contributed by atoms with Crippen LogP contribution in [0.5, 0.6) is 0 Å². The molecule has 0 bridgehead atoms. The maximum absolute atomic E-state index is 6.15. The standard InChI is InChI=1S/C14H21ClN4O2/c1-14(20-6-7-21-14)10-4-3-5-19(8-10)13-11(16-2)12(15)17-9-18-13/h9-10,16H,3-8H2,1-2H3. The van der Waals surface area contributed by atoms with Gasteiger partial charge in [-0.05, 0) is 19.8 Å². The number of ether oxygens (including phenoxy) is 2. The fourth-order valence-corrected chi connectivity index (χ4v) is 3.40. The number of nitrogens with one attached hydrogen (secondary N) is 1. The van der Waals surface area contributed by atoms with Crippen molar-refractivity contribution in [2.75, 3.05) is 43.6 Å². The van der Waals surface area contributed by atoms with E-state index in [2.05, 4.69) is 20.2 Å². The molecule has 1 aromatic rings. The molecule has 1 unspecified atom stereocenters. The quantitative estimate of drug-likeness (QED) is 0.863. The van der Waals surface area contributed by atoms with E-state index in [0.29, 0.717) is 24.3 Å². The van der Waals surface area contributed by atoms with Crippen LogP contribution in [0, 0.1) is 5.92 Å². The highest BCUT2D eigenvalue weighted by molar-refractivity contribution is 6.32. The molecule has 0 radical (unpaired) electrons. The Kier molecular flexibility index (Phi) is 4.19. The maximum Gasteiger partial charge on any atom is 0.170 e. The average molecular weight is 313 g/mol. The van der Waals surface area contributed by atoms with Crippen molar-refractivity contribution in [2.45, 2.75) is 25.6 Å². The number of piperidine rings is 1. The van der Waals surface area contributed by atoms with Gasteiger partial charge in [0, 0.05) is 26.1 Å². The van der Waals surface area contributed by atoms with Crippen LogP contribution in [0.4, 0.5) is 11.5 Å². The lowest BCUT2D eigenvalue weighted by Gasteiger charge is -2.40. The second-order valence-electron chi connectivity index (χ2n) is 5.61. The summed E-state index contributed by atoms with van der Waals surface area (Å²) in [5, 5.41) is 3.54. The summed E-state index contributed by atoms with van der Waals surface area (Å²) in [4.78, 5) is 10.7. The lowest BCUT2D eigenvalue weighted by Crippen LogP contribution is -2.47. The largest absolute Gasteiger partial charge is 0.383 e. The Bertz CT molecular complexity index is 508.